The minimum absolute atomic E-state index is 0.0482. The zero-order valence-corrected chi connectivity index (χ0v) is 16.1. The van der Waals surface area contributed by atoms with Crippen molar-refractivity contribution in [3.05, 3.63) is 12.2 Å². The predicted octanol–water partition coefficient (Wildman–Crippen LogP) is 2.63. The van der Waals surface area contributed by atoms with Gasteiger partial charge in [-0.1, -0.05) is 20.4 Å². The highest BCUT2D eigenvalue weighted by molar-refractivity contribution is 8.48. The molecule has 0 saturated carbocycles. The summed E-state index contributed by atoms with van der Waals surface area (Å²) in [6.07, 6.45) is 8.75. The molecule has 0 aliphatic heterocycles. The van der Waals surface area contributed by atoms with E-state index in [1.54, 1.807) is 6.92 Å². The van der Waals surface area contributed by atoms with E-state index in [0.717, 1.165) is 11.7 Å². The zero-order valence-electron chi connectivity index (χ0n) is 15.2. The molecule has 0 rings (SSSR count). The summed E-state index contributed by atoms with van der Waals surface area (Å²) < 4.78 is 10.4. The summed E-state index contributed by atoms with van der Waals surface area (Å²) in [5, 5.41) is 10.5. The molecule has 0 heterocycles. The van der Waals surface area contributed by atoms with E-state index in [1.807, 2.05) is 0 Å². The third-order valence-electron chi connectivity index (χ3n) is 4.54. The van der Waals surface area contributed by atoms with Gasteiger partial charge in [-0.2, -0.15) is 0 Å². The summed E-state index contributed by atoms with van der Waals surface area (Å²) in [6.45, 7) is 10.4. The molecular formula is C17H36O4S. The van der Waals surface area contributed by atoms with Gasteiger partial charge in [0.1, 0.15) is 12.7 Å². The second-order valence-corrected chi connectivity index (χ2v) is 15.5. The largest absolute Gasteiger partial charge is 0.460 e. The quantitative estimate of drug-likeness (QED) is 0.264. The monoisotopic (exact) mass is 336 g/mol. The Morgan fingerprint density at radius 2 is 1.86 bits per heavy atom. The van der Waals surface area contributed by atoms with Crippen LogP contribution in [-0.4, -0.2) is 66.8 Å². The summed E-state index contributed by atoms with van der Waals surface area (Å²) in [5.74, 6) is 0.717. The molecule has 22 heavy (non-hydrogen) atoms. The standard InChI is InChI=1S/C17H36O4S/c1-8-15(4)22(5,6,7)11-9-10-20-12-16(18)13-21-17(19)14(2)3/h15-16,18,22H,2,8-13H2,1,3-7H3/t15-,16+/m1/s1. The fraction of sp³-hybridized carbons (Fsp3) is 0.824. The molecule has 4 nitrogen and oxygen atoms in total. The maximum absolute atomic E-state index is 11.2. The lowest BCUT2D eigenvalue weighted by Gasteiger charge is -2.57. The third kappa shape index (κ3) is 8.20. The van der Waals surface area contributed by atoms with Crippen molar-refractivity contribution in [3.8, 4) is 0 Å². The number of hydrogen-bond donors (Lipinski definition) is 2. The number of esters is 1. The van der Waals surface area contributed by atoms with Crippen LogP contribution in [0.25, 0.3) is 0 Å². The minimum atomic E-state index is -1.62. The number of carbonyl (C=O) groups is 1. The lowest BCUT2D eigenvalue weighted by molar-refractivity contribution is -0.143. The number of carbonyl (C=O) groups excluding carboxylic acids is 1. The number of hydrogen-bond acceptors (Lipinski definition) is 4. The topological polar surface area (TPSA) is 55.8 Å². The van der Waals surface area contributed by atoms with Crippen molar-refractivity contribution in [2.45, 2.75) is 45.0 Å². The Hall–Kier alpha value is -0.520. The van der Waals surface area contributed by atoms with Gasteiger partial charge in [-0.15, -0.1) is 0 Å². The maximum atomic E-state index is 11.2. The molecule has 0 fully saturated rings. The normalized spacial score (nSPS) is 16.4. The lowest BCUT2D eigenvalue weighted by Crippen LogP contribution is -2.30. The average Bonchev–Trinajstić information content (AvgIpc) is 2.42. The molecule has 0 aromatic carbocycles. The van der Waals surface area contributed by atoms with Gasteiger partial charge in [0.15, 0.2) is 0 Å². The van der Waals surface area contributed by atoms with Crippen molar-refractivity contribution in [2.75, 3.05) is 44.3 Å². The number of rotatable bonds is 11. The fourth-order valence-corrected chi connectivity index (χ4v) is 5.25. The van der Waals surface area contributed by atoms with Gasteiger partial charge >= 0.3 is 5.97 Å². The molecule has 0 aliphatic rings. The maximum Gasteiger partial charge on any atom is 0.333 e. The molecule has 0 amide bonds. The van der Waals surface area contributed by atoms with Crippen molar-refractivity contribution in [1.82, 2.24) is 0 Å². The van der Waals surface area contributed by atoms with Crippen LogP contribution in [0.2, 0.25) is 0 Å². The summed E-state index contributed by atoms with van der Waals surface area (Å²) in [7, 11) is -1.62. The van der Waals surface area contributed by atoms with E-state index in [4.69, 9.17) is 9.47 Å². The molecule has 0 bridgehead atoms. The first-order chi connectivity index (χ1) is 9.98. The van der Waals surface area contributed by atoms with E-state index in [9.17, 15) is 9.90 Å². The molecule has 2 atom stereocenters. The van der Waals surface area contributed by atoms with Gasteiger partial charge in [-0.3, -0.25) is 9.16 Å². The summed E-state index contributed by atoms with van der Waals surface area (Å²) in [5.41, 5.74) is 0.332. The Kier molecular flexibility index (Phi) is 8.73. The number of aliphatic hydroxyl groups is 1. The molecule has 5 heteroatoms. The molecule has 0 saturated heterocycles. The van der Waals surface area contributed by atoms with Gasteiger partial charge in [-0.25, -0.2) is 4.79 Å². The van der Waals surface area contributed by atoms with E-state index in [1.165, 1.54) is 12.2 Å². The molecule has 0 aromatic heterocycles. The highest BCUT2D eigenvalue weighted by Crippen LogP contribution is 2.64. The molecule has 0 radical (unpaired) electrons. The molecule has 1 N–H and O–H groups in total. The van der Waals surface area contributed by atoms with Gasteiger partial charge in [0, 0.05) is 12.2 Å². The molecular weight excluding hydrogens is 300 g/mol. The van der Waals surface area contributed by atoms with Gasteiger partial charge < -0.3 is 14.6 Å². The second-order valence-electron chi connectivity index (χ2n) is 7.69. The van der Waals surface area contributed by atoms with Gasteiger partial charge in [0.25, 0.3) is 0 Å². The Bertz CT molecular complexity index is 371. The summed E-state index contributed by atoms with van der Waals surface area (Å²) in [4.78, 5) is 11.2. The number of aliphatic hydroxyl groups excluding tert-OH is 1. The van der Waals surface area contributed by atoms with Gasteiger partial charge in [0.2, 0.25) is 0 Å². The van der Waals surface area contributed by atoms with Crippen LogP contribution in [-0.2, 0) is 14.3 Å². The molecule has 0 aliphatic carbocycles. The van der Waals surface area contributed by atoms with Crippen LogP contribution >= 0.6 is 9.16 Å². The first-order valence-electron chi connectivity index (χ1n) is 8.06. The second kappa shape index (κ2) is 8.94. The summed E-state index contributed by atoms with van der Waals surface area (Å²) >= 11 is 0. The van der Waals surface area contributed by atoms with Crippen molar-refractivity contribution in [2.24, 2.45) is 0 Å². The SMILES string of the molecule is C=C(C)C(=O)OC[C@@H](O)COCCC[SH](C)(C)(C)[C@H](C)CC. The van der Waals surface area contributed by atoms with E-state index in [0.29, 0.717) is 12.2 Å². The first-order valence-corrected chi connectivity index (χ1v) is 11.9. The van der Waals surface area contributed by atoms with E-state index >= 15 is 0 Å². The molecule has 0 spiro atoms. The highest BCUT2D eigenvalue weighted by Gasteiger charge is 2.30. The Morgan fingerprint density at radius 1 is 1.27 bits per heavy atom. The Labute approximate surface area is 136 Å². The van der Waals surface area contributed by atoms with Crippen molar-refractivity contribution in [3.63, 3.8) is 0 Å². The van der Waals surface area contributed by atoms with Gasteiger partial charge in [-0.05, 0) is 49.5 Å². The van der Waals surface area contributed by atoms with E-state index in [2.05, 4.69) is 39.2 Å². The molecule has 0 unspecified atom stereocenters. The first kappa shape index (κ1) is 21.5. The fourth-order valence-electron chi connectivity index (χ4n) is 2.19. The average molecular weight is 337 g/mol. The van der Waals surface area contributed by atoms with Crippen LogP contribution in [0.4, 0.5) is 0 Å². The predicted molar refractivity (Wildman–Crippen MR) is 98.6 cm³/mol. The Morgan fingerprint density at radius 3 is 2.36 bits per heavy atom. The van der Waals surface area contributed by atoms with Crippen LogP contribution < -0.4 is 0 Å². The smallest absolute Gasteiger partial charge is 0.333 e. The lowest BCUT2D eigenvalue weighted by atomic mass is 10.3. The van der Waals surface area contributed by atoms with Gasteiger partial charge in [0.05, 0.1) is 6.61 Å². The van der Waals surface area contributed by atoms with Crippen molar-refractivity contribution in [1.29, 1.82) is 0 Å². The van der Waals surface area contributed by atoms with Crippen LogP contribution in [0.1, 0.15) is 33.6 Å². The van der Waals surface area contributed by atoms with E-state index in [-0.39, 0.29) is 13.2 Å². The van der Waals surface area contributed by atoms with Crippen LogP contribution in [0.5, 0.6) is 0 Å². The third-order valence-corrected chi connectivity index (χ3v) is 10.1. The Balaban J connectivity index is 3.90. The minimum Gasteiger partial charge on any atom is -0.460 e. The summed E-state index contributed by atoms with van der Waals surface area (Å²) in [6, 6.07) is 0. The number of thiol groups is 1. The number of ether oxygens (including phenoxy) is 2. The zero-order chi connectivity index (χ0) is 17.4. The van der Waals surface area contributed by atoms with Crippen LogP contribution in [0, 0.1) is 0 Å². The van der Waals surface area contributed by atoms with Crippen LogP contribution in [0.3, 0.4) is 0 Å². The highest BCUT2D eigenvalue weighted by atomic mass is 32.3. The van der Waals surface area contributed by atoms with Crippen molar-refractivity contribution < 1.29 is 19.4 Å². The van der Waals surface area contributed by atoms with Crippen LogP contribution in [0.15, 0.2) is 12.2 Å². The molecule has 0 aromatic rings. The van der Waals surface area contributed by atoms with E-state index < -0.39 is 21.2 Å². The molecule has 134 valence electrons. The van der Waals surface area contributed by atoms with Crippen molar-refractivity contribution >= 4 is 15.1 Å².